The minimum Gasteiger partial charge on any atom is -0.441 e. The average Bonchev–Trinajstić information content (AvgIpc) is 3.24. The highest BCUT2D eigenvalue weighted by Gasteiger charge is 2.17. The summed E-state index contributed by atoms with van der Waals surface area (Å²) in [5, 5.41) is 4.67. The lowest BCUT2D eigenvalue weighted by Gasteiger charge is -2.03. The summed E-state index contributed by atoms with van der Waals surface area (Å²) < 4.78 is 31.6. The van der Waals surface area contributed by atoms with Crippen LogP contribution in [0.3, 0.4) is 0 Å². The normalized spacial score (nSPS) is 12.1. The molecule has 0 aliphatic rings. The van der Waals surface area contributed by atoms with Crippen LogP contribution in [-0.4, -0.2) is 20.9 Å². The highest BCUT2D eigenvalue weighted by atomic mass is 32.2. The predicted octanol–water partition coefficient (Wildman–Crippen LogP) is 3.42. The molecule has 0 spiro atoms. The van der Waals surface area contributed by atoms with Crippen LogP contribution in [0.4, 0.5) is 4.39 Å². The Kier molecular flexibility index (Phi) is 5.95. The molecule has 0 saturated heterocycles. The first-order chi connectivity index (χ1) is 12.5. The van der Waals surface area contributed by atoms with Gasteiger partial charge in [-0.15, -0.1) is 11.3 Å². The molecule has 0 radical (unpaired) electrons. The smallest absolute Gasteiger partial charge is 0.232 e. The molecule has 136 valence electrons. The van der Waals surface area contributed by atoms with Crippen molar-refractivity contribution in [2.45, 2.75) is 19.2 Å². The molecule has 0 aliphatic heterocycles. The summed E-state index contributed by atoms with van der Waals surface area (Å²) in [5.41, 5.74) is 0.717. The fourth-order valence-corrected chi connectivity index (χ4v) is 4.03. The zero-order valence-corrected chi connectivity index (χ0v) is 15.7. The first kappa shape index (κ1) is 18.5. The molecule has 1 N–H and O–H groups in total. The fourth-order valence-electron chi connectivity index (χ4n) is 2.31. The minimum atomic E-state index is -1.43. The van der Waals surface area contributed by atoms with Crippen molar-refractivity contribution in [3.05, 3.63) is 63.9 Å². The number of aryl methyl sites for hydroxylation is 1. The molecule has 1 aromatic carbocycles. The minimum absolute atomic E-state index is 0.0796. The topological polar surface area (TPSA) is 72.2 Å². The van der Waals surface area contributed by atoms with Gasteiger partial charge in [0.15, 0.2) is 0 Å². The molecule has 0 bridgehead atoms. The van der Waals surface area contributed by atoms with E-state index in [1.165, 1.54) is 6.07 Å². The summed E-state index contributed by atoms with van der Waals surface area (Å²) in [6.07, 6.45) is 0. The third kappa shape index (κ3) is 4.64. The third-order valence-electron chi connectivity index (χ3n) is 3.63. The molecule has 3 rings (SSSR count). The summed E-state index contributed by atoms with van der Waals surface area (Å²) in [5.74, 6) is -0.143. The molecule has 3 aromatic rings. The van der Waals surface area contributed by atoms with Crippen molar-refractivity contribution in [1.82, 2.24) is 10.3 Å². The number of aromatic nitrogens is 1. The Hall–Kier alpha value is -2.32. The number of hydrogen-bond acceptors (Lipinski definition) is 5. The van der Waals surface area contributed by atoms with Gasteiger partial charge in [-0.05, 0) is 30.5 Å². The van der Waals surface area contributed by atoms with E-state index in [9.17, 15) is 13.4 Å². The lowest BCUT2D eigenvalue weighted by atomic mass is 10.2. The van der Waals surface area contributed by atoms with Gasteiger partial charge in [-0.1, -0.05) is 18.2 Å². The number of benzene rings is 1. The highest BCUT2D eigenvalue weighted by Crippen LogP contribution is 2.24. The van der Waals surface area contributed by atoms with Crippen LogP contribution in [0.2, 0.25) is 0 Å². The Morgan fingerprint density at radius 2 is 2.12 bits per heavy atom. The number of thiophene rings is 1. The molecule has 26 heavy (non-hydrogen) atoms. The SMILES string of the molecule is Cc1oc(-c2ccccc2F)nc1C[S@@](=O)CC(=O)NCc1cccs1. The molecule has 0 aliphatic carbocycles. The first-order valence-electron chi connectivity index (χ1n) is 7.88. The molecule has 2 heterocycles. The quantitative estimate of drug-likeness (QED) is 0.669. The van der Waals surface area contributed by atoms with E-state index in [4.69, 9.17) is 4.42 Å². The van der Waals surface area contributed by atoms with E-state index in [1.807, 2.05) is 17.5 Å². The van der Waals surface area contributed by atoms with Crippen LogP contribution in [0.5, 0.6) is 0 Å². The second-order valence-corrected chi connectivity index (χ2v) is 8.08. The van der Waals surface area contributed by atoms with Crippen molar-refractivity contribution >= 4 is 28.0 Å². The summed E-state index contributed by atoms with van der Waals surface area (Å²) >= 11 is 1.55. The van der Waals surface area contributed by atoms with Crippen molar-refractivity contribution < 1.29 is 17.8 Å². The van der Waals surface area contributed by atoms with Gasteiger partial charge in [0.25, 0.3) is 0 Å². The van der Waals surface area contributed by atoms with E-state index < -0.39 is 16.6 Å². The third-order valence-corrected chi connectivity index (χ3v) is 5.68. The van der Waals surface area contributed by atoms with Crippen LogP contribution in [0, 0.1) is 12.7 Å². The van der Waals surface area contributed by atoms with E-state index >= 15 is 0 Å². The Morgan fingerprint density at radius 1 is 1.31 bits per heavy atom. The van der Waals surface area contributed by atoms with E-state index in [0.717, 1.165) is 4.88 Å². The number of carbonyl (C=O) groups is 1. The number of amides is 1. The number of nitrogens with one attached hydrogen (secondary N) is 1. The number of rotatable bonds is 7. The molecule has 1 amide bonds. The van der Waals surface area contributed by atoms with Crippen molar-refractivity contribution in [3.63, 3.8) is 0 Å². The van der Waals surface area contributed by atoms with Gasteiger partial charge in [-0.3, -0.25) is 9.00 Å². The summed E-state index contributed by atoms with van der Waals surface area (Å²) in [6.45, 7) is 2.11. The lowest BCUT2D eigenvalue weighted by Crippen LogP contribution is -2.28. The van der Waals surface area contributed by atoms with Crippen LogP contribution in [0.15, 0.2) is 46.2 Å². The Morgan fingerprint density at radius 3 is 2.85 bits per heavy atom. The molecule has 1 atom stereocenters. The largest absolute Gasteiger partial charge is 0.441 e. The molecule has 0 saturated carbocycles. The van der Waals surface area contributed by atoms with E-state index in [0.29, 0.717) is 18.0 Å². The molecule has 0 unspecified atom stereocenters. The van der Waals surface area contributed by atoms with Crippen molar-refractivity contribution in [2.24, 2.45) is 0 Å². The van der Waals surface area contributed by atoms with Crippen LogP contribution in [0.1, 0.15) is 16.3 Å². The summed E-state index contributed by atoms with van der Waals surface area (Å²) in [4.78, 5) is 17.2. The van der Waals surface area contributed by atoms with E-state index in [2.05, 4.69) is 10.3 Å². The lowest BCUT2D eigenvalue weighted by molar-refractivity contribution is -0.118. The zero-order valence-electron chi connectivity index (χ0n) is 14.0. The van der Waals surface area contributed by atoms with Crippen molar-refractivity contribution in [3.8, 4) is 11.5 Å². The van der Waals surface area contributed by atoms with Gasteiger partial charge in [0.2, 0.25) is 11.8 Å². The van der Waals surface area contributed by atoms with Gasteiger partial charge < -0.3 is 9.73 Å². The Bertz CT molecular complexity index is 922. The molecule has 8 heteroatoms. The molecule has 0 fully saturated rings. The number of oxazole rings is 1. The van der Waals surface area contributed by atoms with Crippen LogP contribution < -0.4 is 5.32 Å². The highest BCUT2D eigenvalue weighted by molar-refractivity contribution is 7.84. The number of nitrogens with zero attached hydrogens (tertiary/aromatic N) is 1. The Balaban J connectivity index is 1.59. The van der Waals surface area contributed by atoms with E-state index in [-0.39, 0.29) is 28.9 Å². The van der Waals surface area contributed by atoms with Crippen LogP contribution in [-0.2, 0) is 27.9 Å². The molecular formula is C18H17FN2O3S2. The van der Waals surface area contributed by atoms with Gasteiger partial charge in [-0.25, -0.2) is 9.37 Å². The second kappa shape index (κ2) is 8.37. The van der Waals surface area contributed by atoms with Gasteiger partial charge in [-0.2, -0.15) is 0 Å². The average molecular weight is 392 g/mol. The zero-order chi connectivity index (χ0) is 18.5. The van der Waals surface area contributed by atoms with Gasteiger partial charge in [0.1, 0.15) is 17.3 Å². The van der Waals surface area contributed by atoms with Crippen LogP contribution >= 0.6 is 11.3 Å². The predicted molar refractivity (Wildman–Crippen MR) is 99.5 cm³/mol. The van der Waals surface area contributed by atoms with Crippen molar-refractivity contribution in [2.75, 3.05) is 5.75 Å². The maximum atomic E-state index is 13.8. The standard InChI is InChI=1S/C18H17FN2O3S2/c1-12-16(21-18(24-12)14-6-2-3-7-15(14)19)10-26(23)11-17(22)20-9-13-5-4-8-25-13/h2-8H,9-11H2,1H3,(H,20,22)/t26-/m1/s1. The number of hydrogen-bond donors (Lipinski definition) is 1. The maximum Gasteiger partial charge on any atom is 0.232 e. The maximum absolute atomic E-state index is 13.8. The second-order valence-electron chi connectivity index (χ2n) is 5.59. The fraction of sp³-hybridized carbons (Fsp3) is 0.222. The molecular weight excluding hydrogens is 375 g/mol. The first-order valence-corrected chi connectivity index (χ1v) is 10.2. The summed E-state index contributed by atoms with van der Waals surface area (Å²) in [7, 11) is -1.43. The number of halogens is 1. The molecule has 2 aromatic heterocycles. The Labute approximate surface area is 156 Å². The van der Waals surface area contributed by atoms with Crippen LogP contribution in [0.25, 0.3) is 11.5 Å². The van der Waals surface area contributed by atoms with Gasteiger partial charge >= 0.3 is 0 Å². The van der Waals surface area contributed by atoms with Crippen molar-refractivity contribution in [1.29, 1.82) is 0 Å². The number of carbonyl (C=O) groups excluding carboxylic acids is 1. The van der Waals surface area contributed by atoms with Gasteiger partial charge in [0.05, 0.1) is 23.6 Å². The monoisotopic (exact) mass is 392 g/mol. The summed E-state index contributed by atoms with van der Waals surface area (Å²) in [6, 6.07) is 9.99. The molecule has 5 nitrogen and oxygen atoms in total. The van der Waals surface area contributed by atoms with Gasteiger partial charge in [0, 0.05) is 15.7 Å². The van der Waals surface area contributed by atoms with E-state index in [1.54, 1.807) is 36.5 Å².